The lowest BCUT2D eigenvalue weighted by atomic mass is 9.82. The summed E-state index contributed by atoms with van der Waals surface area (Å²) in [7, 11) is 0. The highest BCUT2D eigenvalue weighted by atomic mass is 32.1. The maximum atomic E-state index is 13.7. The van der Waals surface area contributed by atoms with E-state index < -0.39 is 5.97 Å². The Kier molecular flexibility index (Phi) is 8.36. The van der Waals surface area contributed by atoms with Crippen LogP contribution < -0.4 is 4.90 Å². The minimum Gasteiger partial charge on any atom is -0.462 e. The maximum absolute atomic E-state index is 13.7. The number of nitrogens with zero attached hydrogens (tertiary/aromatic N) is 4. The van der Waals surface area contributed by atoms with Crippen LogP contribution in [0.3, 0.4) is 0 Å². The summed E-state index contributed by atoms with van der Waals surface area (Å²) in [5.74, 6) is 0.523. The number of carbonyl (C=O) groups is 2. The molecular weight excluding hydrogens is 472 g/mol. The van der Waals surface area contributed by atoms with Crippen molar-refractivity contribution in [3.63, 3.8) is 0 Å². The largest absolute Gasteiger partial charge is 0.462 e. The molecule has 0 radical (unpaired) electrons. The summed E-state index contributed by atoms with van der Waals surface area (Å²) in [6, 6.07) is 7.70. The predicted molar refractivity (Wildman–Crippen MR) is 144 cm³/mol. The molecule has 0 saturated heterocycles. The van der Waals surface area contributed by atoms with Crippen LogP contribution in [0.15, 0.2) is 41.4 Å². The molecule has 8 heteroatoms. The quantitative estimate of drug-likeness (QED) is 0.338. The number of anilines is 1. The molecule has 2 heterocycles. The minimum absolute atomic E-state index is 0.0372. The Bertz CT molecular complexity index is 1190. The van der Waals surface area contributed by atoms with Gasteiger partial charge >= 0.3 is 5.97 Å². The predicted octanol–water partition coefficient (Wildman–Crippen LogP) is 6.24. The number of hydrogen-bond donors (Lipinski definition) is 0. The zero-order chi connectivity index (χ0) is 25.7. The monoisotopic (exact) mass is 506 g/mol. The summed E-state index contributed by atoms with van der Waals surface area (Å²) in [6.07, 6.45) is 9.47. The first kappa shape index (κ1) is 25.8. The second-order valence-electron chi connectivity index (χ2n) is 9.63. The van der Waals surface area contributed by atoms with Gasteiger partial charge in [0.15, 0.2) is 5.82 Å². The van der Waals surface area contributed by atoms with Crippen molar-refractivity contribution in [3.05, 3.63) is 58.2 Å². The van der Waals surface area contributed by atoms with Crippen molar-refractivity contribution >= 4 is 41.2 Å². The number of esters is 1. The minimum atomic E-state index is -0.475. The fourth-order valence-electron chi connectivity index (χ4n) is 4.56. The molecule has 4 rings (SSSR count). The van der Waals surface area contributed by atoms with Crippen LogP contribution in [-0.4, -0.2) is 39.3 Å². The summed E-state index contributed by atoms with van der Waals surface area (Å²) in [5.41, 5.74) is 4.84. The van der Waals surface area contributed by atoms with E-state index in [-0.39, 0.29) is 24.5 Å². The summed E-state index contributed by atoms with van der Waals surface area (Å²) >= 11 is 1.56. The standard InChI is InChI=1S/C28H34N4O3S/c1-5-35-28(34)25-16-31(24-14-9-21(10-15-24)8-13-23-17-36-18-29-23)30-26(25)32(19(2)3)27(33)22-11-6-20(4)7-12-22/h8-10,13-20,22H,5-7,11-12H2,1-4H3/b13-8+/t20-,22-. The van der Waals surface area contributed by atoms with E-state index >= 15 is 0 Å². The van der Waals surface area contributed by atoms with Gasteiger partial charge in [-0.15, -0.1) is 16.4 Å². The molecule has 1 aromatic carbocycles. The fourth-order valence-corrected chi connectivity index (χ4v) is 5.08. The molecule has 0 bridgehead atoms. The lowest BCUT2D eigenvalue weighted by Gasteiger charge is -2.32. The van der Waals surface area contributed by atoms with Gasteiger partial charge in [-0.05, 0) is 76.1 Å². The lowest BCUT2D eigenvalue weighted by Crippen LogP contribution is -2.43. The summed E-state index contributed by atoms with van der Waals surface area (Å²) < 4.78 is 6.98. The van der Waals surface area contributed by atoms with Gasteiger partial charge in [-0.1, -0.05) is 25.1 Å². The zero-order valence-electron chi connectivity index (χ0n) is 21.4. The lowest BCUT2D eigenvalue weighted by molar-refractivity contribution is -0.124. The van der Waals surface area contributed by atoms with Crippen molar-refractivity contribution < 1.29 is 14.3 Å². The Labute approximate surface area is 216 Å². The molecular formula is C28H34N4O3S. The molecule has 1 amide bonds. The third-order valence-corrected chi connectivity index (χ3v) is 7.20. The molecule has 0 aliphatic heterocycles. The molecule has 0 spiro atoms. The molecule has 1 aliphatic rings. The van der Waals surface area contributed by atoms with Crippen LogP contribution in [0.2, 0.25) is 0 Å². The van der Waals surface area contributed by atoms with Gasteiger partial charge < -0.3 is 4.74 Å². The number of hydrogen-bond acceptors (Lipinski definition) is 6. The van der Waals surface area contributed by atoms with Gasteiger partial charge in [-0.2, -0.15) is 0 Å². The molecule has 0 unspecified atom stereocenters. The smallest absolute Gasteiger partial charge is 0.343 e. The second kappa shape index (κ2) is 11.6. The van der Waals surface area contributed by atoms with E-state index in [9.17, 15) is 9.59 Å². The molecule has 1 aliphatic carbocycles. The van der Waals surface area contributed by atoms with E-state index in [2.05, 4.69) is 11.9 Å². The van der Waals surface area contributed by atoms with E-state index in [4.69, 9.17) is 9.84 Å². The number of ether oxygens (including phenoxy) is 1. The summed E-state index contributed by atoms with van der Waals surface area (Å²) in [6.45, 7) is 8.18. The van der Waals surface area contributed by atoms with E-state index in [1.807, 2.05) is 55.6 Å². The Morgan fingerprint density at radius 3 is 2.50 bits per heavy atom. The first-order chi connectivity index (χ1) is 17.4. The first-order valence-electron chi connectivity index (χ1n) is 12.6. The SMILES string of the molecule is CCOC(=O)c1cn(-c2ccc(/C=C/c3cscn3)cc2)nc1N(C(=O)[C@H]1CC[C@H](C)CC1)C(C)C. The van der Waals surface area contributed by atoms with Crippen molar-refractivity contribution in [3.8, 4) is 5.69 Å². The maximum Gasteiger partial charge on any atom is 0.343 e. The van der Waals surface area contributed by atoms with Gasteiger partial charge in [0.05, 0.1) is 23.5 Å². The highest BCUT2D eigenvalue weighted by molar-refractivity contribution is 7.07. The first-order valence-corrected chi connectivity index (χ1v) is 13.6. The van der Waals surface area contributed by atoms with Crippen LogP contribution in [0.5, 0.6) is 0 Å². The van der Waals surface area contributed by atoms with Gasteiger partial charge in [0.1, 0.15) is 5.56 Å². The van der Waals surface area contributed by atoms with Crippen LogP contribution in [0.25, 0.3) is 17.8 Å². The van der Waals surface area contributed by atoms with Gasteiger partial charge in [0, 0.05) is 23.5 Å². The molecule has 3 aromatic rings. The Morgan fingerprint density at radius 2 is 1.89 bits per heavy atom. The number of thiazole rings is 1. The third kappa shape index (κ3) is 5.93. The average molecular weight is 507 g/mol. The van der Waals surface area contributed by atoms with Crippen molar-refractivity contribution in [2.75, 3.05) is 11.5 Å². The van der Waals surface area contributed by atoms with Gasteiger partial charge in [-0.25, -0.2) is 14.5 Å². The van der Waals surface area contributed by atoms with Crippen LogP contribution in [0.1, 0.15) is 75.0 Å². The Morgan fingerprint density at radius 1 is 1.17 bits per heavy atom. The molecule has 2 aromatic heterocycles. The molecule has 1 fully saturated rings. The van der Waals surface area contributed by atoms with Crippen molar-refractivity contribution in [2.24, 2.45) is 11.8 Å². The molecule has 36 heavy (non-hydrogen) atoms. The Balaban J connectivity index is 1.65. The van der Waals surface area contributed by atoms with E-state index in [0.29, 0.717) is 17.3 Å². The summed E-state index contributed by atoms with van der Waals surface area (Å²) in [5, 5.41) is 6.74. The molecule has 7 nitrogen and oxygen atoms in total. The summed E-state index contributed by atoms with van der Waals surface area (Å²) in [4.78, 5) is 32.5. The highest BCUT2D eigenvalue weighted by Crippen LogP contribution is 2.33. The van der Waals surface area contributed by atoms with Crippen LogP contribution >= 0.6 is 11.3 Å². The second-order valence-corrected chi connectivity index (χ2v) is 10.3. The number of benzene rings is 1. The molecule has 0 N–H and O–H groups in total. The molecule has 0 atom stereocenters. The fraction of sp³-hybridized carbons (Fsp3) is 0.429. The van der Waals surface area contributed by atoms with Gasteiger partial charge in [0.2, 0.25) is 5.91 Å². The number of amides is 1. The molecule has 190 valence electrons. The van der Waals surface area contributed by atoms with Crippen molar-refractivity contribution in [1.29, 1.82) is 0 Å². The molecule has 1 saturated carbocycles. The number of rotatable bonds is 8. The van der Waals surface area contributed by atoms with Crippen LogP contribution in [-0.2, 0) is 9.53 Å². The average Bonchev–Trinajstić information content (AvgIpc) is 3.54. The van der Waals surface area contributed by atoms with E-state index in [1.54, 1.807) is 39.5 Å². The van der Waals surface area contributed by atoms with E-state index in [0.717, 1.165) is 42.6 Å². The highest BCUT2D eigenvalue weighted by Gasteiger charge is 2.34. The van der Waals surface area contributed by atoms with Crippen LogP contribution in [0.4, 0.5) is 5.82 Å². The number of aromatic nitrogens is 3. The van der Waals surface area contributed by atoms with Crippen LogP contribution in [0, 0.1) is 11.8 Å². The van der Waals surface area contributed by atoms with Gasteiger partial charge in [-0.3, -0.25) is 9.69 Å². The number of carbonyl (C=O) groups excluding carboxylic acids is 2. The zero-order valence-corrected chi connectivity index (χ0v) is 22.2. The topological polar surface area (TPSA) is 77.3 Å². The van der Waals surface area contributed by atoms with Crippen molar-refractivity contribution in [1.82, 2.24) is 14.8 Å². The van der Waals surface area contributed by atoms with Gasteiger partial charge in [0.25, 0.3) is 0 Å². The van der Waals surface area contributed by atoms with E-state index in [1.165, 1.54) is 0 Å². The third-order valence-electron chi connectivity index (χ3n) is 6.59. The van der Waals surface area contributed by atoms with Crippen molar-refractivity contribution in [2.45, 2.75) is 59.4 Å². The normalized spacial score (nSPS) is 18.0. The Hall–Kier alpha value is -3.26.